The van der Waals surface area contributed by atoms with Crippen LogP contribution in [0.25, 0.3) is 11.1 Å². The molecule has 0 aliphatic heterocycles. The fourth-order valence-corrected chi connectivity index (χ4v) is 4.53. The van der Waals surface area contributed by atoms with E-state index in [1.54, 1.807) is 13.8 Å². The molecule has 1 N–H and O–H groups in total. The molecule has 161 valence electrons. The highest BCUT2D eigenvalue weighted by molar-refractivity contribution is 6.47. The second-order valence-electron chi connectivity index (χ2n) is 9.94. The first kappa shape index (κ1) is 23.1. The molecule has 1 aliphatic rings. The van der Waals surface area contributed by atoms with Crippen molar-refractivity contribution in [1.82, 2.24) is 0 Å². The molecular weight excluding hydrogens is 367 g/mol. The van der Waals surface area contributed by atoms with Gasteiger partial charge in [0.1, 0.15) is 0 Å². The van der Waals surface area contributed by atoms with Crippen LogP contribution in [0, 0.1) is 0 Å². The lowest BCUT2D eigenvalue weighted by molar-refractivity contribution is -0.0893. The zero-order chi connectivity index (χ0) is 22.0. The third kappa shape index (κ3) is 4.25. The number of aliphatic hydroxyl groups is 1. The average Bonchev–Trinajstić information content (AvgIpc) is 2.98. The first-order chi connectivity index (χ1) is 14.2. The number of unbranched alkanes of at least 4 members (excludes halogenated alkanes) is 2. The van der Waals surface area contributed by atoms with Crippen LogP contribution in [0.15, 0.2) is 42.5 Å². The topological polar surface area (TPSA) is 29.5 Å². The van der Waals surface area contributed by atoms with Crippen LogP contribution >= 0.6 is 0 Å². The van der Waals surface area contributed by atoms with Gasteiger partial charge in [0.2, 0.25) is 0 Å². The fraction of sp³-hybridized carbons (Fsp3) is 0.556. The monoisotopic (exact) mass is 405 g/mol. The van der Waals surface area contributed by atoms with Gasteiger partial charge >= 0.3 is 7.48 Å². The molecule has 0 amide bonds. The zero-order valence-corrected chi connectivity index (χ0v) is 19.7. The molecule has 3 rings (SSSR count). The third-order valence-electron chi connectivity index (χ3n) is 7.17. The van der Waals surface area contributed by atoms with Gasteiger partial charge in [-0.1, -0.05) is 87.5 Å². The van der Waals surface area contributed by atoms with Crippen molar-refractivity contribution in [2.45, 2.75) is 96.7 Å². The van der Waals surface area contributed by atoms with Crippen LogP contribution in [0.5, 0.6) is 0 Å². The summed E-state index contributed by atoms with van der Waals surface area (Å²) >= 11 is 0. The van der Waals surface area contributed by atoms with E-state index in [9.17, 15) is 5.11 Å². The molecule has 0 fully saturated rings. The summed E-state index contributed by atoms with van der Waals surface area (Å²) in [5.74, 6) is 0. The van der Waals surface area contributed by atoms with Gasteiger partial charge in [0.25, 0.3) is 0 Å². The number of rotatable bonds is 10. The molecule has 0 bridgehead atoms. The van der Waals surface area contributed by atoms with E-state index in [1.807, 2.05) is 21.3 Å². The Kier molecular flexibility index (Phi) is 6.84. The molecule has 1 aliphatic carbocycles. The van der Waals surface area contributed by atoms with Gasteiger partial charge in [-0.25, -0.2) is 0 Å². The summed E-state index contributed by atoms with van der Waals surface area (Å²) < 4.78 is 6.07. The first-order valence-corrected chi connectivity index (χ1v) is 11.6. The van der Waals surface area contributed by atoms with Gasteiger partial charge in [0.05, 0.1) is 11.2 Å². The number of benzene rings is 2. The van der Waals surface area contributed by atoms with Crippen LogP contribution in [-0.4, -0.2) is 23.8 Å². The summed E-state index contributed by atoms with van der Waals surface area (Å²) in [6, 6.07) is 15.7. The van der Waals surface area contributed by atoms with Gasteiger partial charge in [-0.05, 0) is 62.8 Å². The highest BCUT2D eigenvalue weighted by Gasteiger charge is 2.42. The summed E-state index contributed by atoms with van der Waals surface area (Å²) in [6.07, 6.45) is 7.25. The van der Waals surface area contributed by atoms with Crippen molar-refractivity contribution < 1.29 is 9.76 Å². The number of fused-ring (bicyclic) bond motifs is 3. The van der Waals surface area contributed by atoms with Crippen molar-refractivity contribution in [3.05, 3.63) is 53.6 Å². The number of hydrogen-bond donors (Lipinski definition) is 1. The normalized spacial score (nSPS) is 15.0. The Hall–Kier alpha value is -1.58. The van der Waals surface area contributed by atoms with Crippen LogP contribution in [0.1, 0.15) is 91.2 Å². The van der Waals surface area contributed by atoms with E-state index in [-0.39, 0.29) is 5.41 Å². The molecule has 0 saturated heterocycles. The number of hydrogen-bond acceptors (Lipinski definition) is 2. The minimum atomic E-state index is -0.928. The van der Waals surface area contributed by atoms with Gasteiger partial charge in [-0.3, -0.25) is 0 Å². The Labute approximate surface area is 184 Å². The SMILES string of the molecule is CCCCC1(CCCC)c2ccccc2-c2ccc([B]OC(C)(C)C(C)(C)O)cc21. The Morgan fingerprint density at radius 1 is 0.867 bits per heavy atom. The predicted octanol–water partition coefficient (Wildman–Crippen LogP) is 6.14. The molecule has 0 unspecified atom stereocenters. The molecule has 0 atom stereocenters. The lowest BCUT2D eigenvalue weighted by Gasteiger charge is -2.37. The maximum absolute atomic E-state index is 10.4. The van der Waals surface area contributed by atoms with E-state index in [1.165, 1.54) is 60.8 Å². The van der Waals surface area contributed by atoms with Crippen LogP contribution in [0.3, 0.4) is 0 Å². The molecule has 0 aromatic heterocycles. The summed E-state index contributed by atoms with van der Waals surface area (Å²) in [4.78, 5) is 0. The van der Waals surface area contributed by atoms with E-state index >= 15 is 0 Å². The molecule has 2 aromatic carbocycles. The first-order valence-electron chi connectivity index (χ1n) is 11.6. The van der Waals surface area contributed by atoms with Gasteiger partial charge in [0, 0.05) is 5.41 Å². The summed E-state index contributed by atoms with van der Waals surface area (Å²) in [7, 11) is 1.83. The lowest BCUT2D eigenvalue weighted by Crippen LogP contribution is -2.49. The fourth-order valence-electron chi connectivity index (χ4n) is 4.53. The van der Waals surface area contributed by atoms with Crippen molar-refractivity contribution in [2.75, 3.05) is 0 Å². The quantitative estimate of drug-likeness (QED) is 0.481. The highest BCUT2D eigenvalue weighted by Crippen LogP contribution is 2.53. The molecule has 2 aromatic rings. The van der Waals surface area contributed by atoms with Gasteiger partial charge in [0.15, 0.2) is 0 Å². The Morgan fingerprint density at radius 2 is 1.47 bits per heavy atom. The third-order valence-corrected chi connectivity index (χ3v) is 7.17. The maximum atomic E-state index is 10.4. The molecule has 0 heterocycles. The van der Waals surface area contributed by atoms with Crippen molar-refractivity contribution in [1.29, 1.82) is 0 Å². The smallest absolute Gasteiger partial charge is 0.330 e. The van der Waals surface area contributed by atoms with Crippen LogP contribution in [-0.2, 0) is 10.1 Å². The molecule has 2 nitrogen and oxygen atoms in total. The van der Waals surface area contributed by atoms with Crippen LogP contribution < -0.4 is 5.46 Å². The Bertz CT molecular complexity index is 855. The molecule has 3 heteroatoms. The van der Waals surface area contributed by atoms with E-state index in [0.717, 1.165) is 5.46 Å². The van der Waals surface area contributed by atoms with Gasteiger partial charge in [-0.15, -0.1) is 0 Å². The second-order valence-corrected chi connectivity index (χ2v) is 9.94. The predicted molar refractivity (Wildman–Crippen MR) is 129 cm³/mol. The molecule has 0 spiro atoms. The Balaban J connectivity index is 2.01. The summed E-state index contributed by atoms with van der Waals surface area (Å²) in [5.41, 5.74) is 5.27. The zero-order valence-electron chi connectivity index (χ0n) is 19.7. The average molecular weight is 405 g/mol. The van der Waals surface area contributed by atoms with Crippen molar-refractivity contribution in [3.63, 3.8) is 0 Å². The lowest BCUT2D eigenvalue weighted by atomic mass is 9.69. The molecule has 0 saturated carbocycles. The highest BCUT2D eigenvalue weighted by atomic mass is 16.5. The van der Waals surface area contributed by atoms with Crippen LogP contribution in [0.4, 0.5) is 0 Å². The minimum Gasteiger partial charge on any atom is -0.427 e. The second kappa shape index (κ2) is 8.89. The Morgan fingerprint density at radius 3 is 2.07 bits per heavy atom. The van der Waals surface area contributed by atoms with Crippen molar-refractivity contribution in [2.24, 2.45) is 0 Å². The van der Waals surface area contributed by atoms with Crippen molar-refractivity contribution in [3.8, 4) is 11.1 Å². The van der Waals surface area contributed by atoms with Crippen molar-refractivity contribution >= 4 is 12.9 Å². The van der Waals surface area contributed by atoms with E-state index in [2.05, 4.69) is 56.3 Å². The maximum Gasteiger partial charge on any atom is 0.330 e. The largest absolute Gasteiger partial charge is 0.427 e. The van der Waals surface area contributed by atoms with Crippen LogP contribution in [0.2, 0.25) is 0 Å². The van der Waals surface area contributed by atoms with Gasteiger partial charge < -0.3 is 9.76 Å². The van der Waals surface area contributed by atoms with E-state index < -0.39 is 11.2 Å². The van der Waals surface area contributed by atoms with E-state index in [4.69, 9.17) is 4.65 Å². The summed E-state index contributed by atoms with van der Waals surface area (Å²) in [6.45, 7) is 12.0. The molecular formula is C27H38BO2. The molecule has 1 radical (unpaired) electrons. The van der Waals surface area contributed by atoms with Gasteiger partial charge in [-0.2, -0.15) is 0 Å². The standard InChI is InChI=1S/C27H38BO2/c1-7-9-17-27(18-10-8-2)23-14-12-11-13-21(23)22-16-15-20(19-24(22)27)28-30-26(5,6)25(3,4)29/h11-16,19,29H,7-10,17-18H2,1-6H3. The minimum absolute atomic E-state index is 0.0908. The summed E-state index contributed by atoms with van der Waals surface area (Å²) in [5, 5.41) is 10.4. The molecule has 30 heavy (non-hydrogen) atoms. The van der Waals surface area contributed by atoms with E-state index in [0.29, 0.717) is 0 Å².